The number of aliphatic hydroxyl groups excluding tert-OH is 2. The average molecular weight is 1150 g/mol. The van der Waals surface area contributed by atoms with Gasteiger partial charge in [-0.3, -0.25) is 0 Å². The number of azo groups is 2. The molecule has 374 valence electrons. The molecule has 6 rings (SSSR count). The van der Waals surface area contributed by atoms with Crippen LogP contribution in [0.15, 0.2) is 124 Å². The van der Waals surface area contributed by atoms with Gasteiger partial charge in [-0.05, 0) is 89.6 Å². The van der Waals surface area contributed by atoms with Crippen molar-refractivity contribution in [2.24, 2.45) is 20.5 Å². The summed E-state index contributed by atoms with van der Waals surface area (Å²) < 4.78 is 181. The third kappa shape index (κ3) is 18.9. The predicted molar refractivity (Wildman–Crippen MR) is 242 cm³/mol. The SMILES string of the molecule is CN(CCO)CCO.Nc1ccc2cc(S(=O)(=O)[O-])c(N=Nc3ccc(/C=C/c4ccc(N=Nc5c(S(=O)(=O)[O-])cc6cc(S(=O)(=O)[O-])cc(N)c6c5O)cc4S(=O)(=O)[O-])cc3S(=O)(=O)[O-])c(O)c2c1.[Li+].[Li+].[Na+].[Na+].[Na+]. The molecule has 0 aliphatic carbocycles. The van der Waals surface area contributed by atoms with Gasteiger partial charge in [-0.25, -0.2) is 42.1 Å². The summed E-state index contributed by atoms with van der Waals surface area (Å²) in [5, 5.41) is 51.8. The fraction of sp³-hybridized carbons (Fsp3) is 0.128. The number of hydrogen-bond donors (Lipinski definition) is 6. The number of benzene rings is 6. The molecule has 0 aliphatic heterocycles. The van der Waals surface area contributed by atoms with Gasteiger partial charge in [0.2, 0.25) is 0 Å². The summed E-state index contributed by atoms with van der Waals surface area (Å²) in [4.78, 5) is -3.45. The first kappa shape index (κ1) is 72.6. The Morgan fingerprint density at radius 2 is 1.07 bits per heavy atom. The Labute approximate surface area is 519 Å². The average Bonchev–Trinajstić information content (AvgIpc) is 3.24. The predicted octanol–water partition coefficient (Wildman–Crippen LogP) is -12.0. The summed E-state index contributed by atoms with van der Waals surface area (Å²) in [7, 11) is -25.0. The van der Waals surface area contributed by atoms with Crippen molar-refractivity contribution < 1.29 is 212 Å². The first-order valence-corrected chi connectivity index (χ1v) is 26.0. The molecular formula is C39H34Li2N7Na3O19S5. The Morgan fingerprint density at radius 3 is 1.59 bits per heavy atom. The van der Waals surface area contributed by atoms with Gasteiger partial charge < -0.3 is 59.6 Å². The monoisotopic (exact) mass is 1150 g/mol. The van der Waals surface area contributed by atoms with Crippen LogP contribution in [0.2, 0.25) is 0 Å². The van der Waals surface area contributed by atoms with Crippen LogP contribution >= 0.6 is 0 Å². The fourth-order valence-corrected chi connectivity index (χ4v) is 9.45. The van der Waals surface area contributed by atoms with Gasteiger partial charge in [-0.15, -0.1) is 15.3 Å². The number of aliphatic hydroxyl groups is 2. The van der Waals surface area contributed by atoms with Crippen LogP contribution in [0.3, 0.4) is 0 Å². The largest absolute Gasteiger partial charge is 1.00 e. The molecular weight excluding hydrogens is 1110 g/mol. The molecule has 0 bridgehead atoms. The van der Waals surface area contributed by atoms with Crippen LogP contribution in [0.4, 0.5) is 34.1 Å². The topological polar surface area (TPSA) is 472 Å². The summed E-state index contributed by atoms with van der Waals surface area (Å²) in [6, 6.07) is 12.0. The number of likely N-dealkylation sites (N-methyl/N-ethyl adjacent to an activating group) is 1. The quantitative estimate of drug-likeness (QED) is 0.0183. The maximum Gasteiger partial charge on any atom is 1.00 e. The molecule has 8 N–H and O–H groups in total. The van der Waals surface area contributed by atoms with Crippen LogP contribution in [0.25, 0.3) is 33.7 Å². The zero-order valence-corrected chi connectivity index (χ0v) is 50.4. The molecule has 0 atom stereocenters. The van der Waals surface area contributed by atoms with Crippen molar-refractivity contribution in [1.82, 2.24) is 4.90 Å². The molecule has 26 nitrogen and oxygen atoms in total. The molecule has 0 heterocycles. The van der Waals surface area contributed by atoms with Crippen molar-refractivity contribution in [3.05, 3.63) is 90.0 Å². The van der Waals surface area contributed by atoms with E-state index in [1.807, 2.05) is 11.9 Å². The summed E-state index contributed by atoms with van der Waals surface area (Å²) in [5.74, 6) is -1.99. The number of anilines is 2. The normalized spacial score (nSPS) is 12.1. The number of hydrogen-bond acceptors (Lipinski definition) is 26. The Morgan fingerprint density at radius 1 is 0.547 bits per heavy atom. The number of phenols is 2. The molecule has 6 aromatic carbocycles. The summed E-state index contributed by atoms with van der Waals surface area (Å²) in [6.45, 7) is 1.61. The number of aromatic hydroxyl groups is 2. The molecule has 0 spiro atoms. The minimum absolute atomic E-state index is 0. The van der Waals surface area contributed by atoms with E-state index in [9.17, 15) is 75.1 Å². The Hall–Kier alpha value is -2.40. The molecule has 0 radical (unpaired) electrons. The van der Waals surface area contributed by atoms with Gasteiger partial charge in [0.1, 0.15) is 67.7 Å². The molecule has 75 heavy (non-hydrogen) atoms. The van der Waals surface area contributed by atoms with Crippen LogP contribution in [-0.2, 0) is 50.6 Å². The van der Waals surface area contributed by atoms with Gasteiger partial charge in [0.25, 0.3) is 0 Å². The zero-order chi connectivity index (χ0) is 52.3. The second-order valence-corrected chi connectivity index (χ2v) is 21.2. The molecule has 0 aliphatic rings. The third-order valence-electron chi connectivity index (χ3n) is 9.52. The number of fused-ring (bicyclic) bond motifs is 2. The molecule has 0 amide bonds. The van der Waals surface area contributed by atoms with E-state index in [0.29, 0.717) is 37.4 Å². The van der Waals surface area contributed by atoms with E-state index < -0.39 is 126 Å². The Kier molecular flexibility index (Phi) is 28.2. The smallest absolute Gasteiger partial charge is 0.744 e. The number of nitrogen functional groups attached to an aromatic ring is 2. The van der Waals surface area contributed by atoms with Crippen molar-refractivity contribution in [2.75, 3.05) is 44.8 Å². The van der Waals surface area contributed by atoms with Gasteiger partial charge in [0.15, 0.2) is 11.5 Å². The van der Waals surface area contributed by atoms with Crippen molar-refractivity contribution >= 4 is 118 Å². The minimum atomic E-state index is -5.54. The van der Waals surface area contributed by atoms with Gasteiger partial charge in [-0.2, -0.15) is 5.11 Å². The Balaban J connectivity index is 0.00000389. The maximum absolute atomic E-state index is 12.3. The summed E-state index contributed by atoms with van der Waals surface area (Å²) in [5.41, 5.74) is 7.43. The van der Waals surface area contributed by atoms with Gasteiger partial charge >= 0.3 is 126 Å². The van der Waals surface area contributed by atoms with Crippen molar-refractivity contribution in [3.63, 3.8) is 0 Å². The van der Waals surface area contributed by atoms with Crippen molar-refractivity contribution in [3.8, 4) is 11.5 Å². The van der Waals surface area contributed by atoms with E-state index >= 15 is 0 Å². The van der Waals surface area contributed by atoms with Crippen LogP contribution in [0, 0.1) is 0 Å². The molecule has 6 aromatic rings. The first-order valence-electron chi connectivity index (χ1n) is 19.0. The van der Waals surface area contributed by atoms with E-state index in [1.165, 1.54) is 18.2 Å². The molecule has 0 saturated heterocycles. The van der Waals surface area contributed by atoms with Gasteiger partial charge in [-0.1, -0.05) is 30.4 Å². The second kappa shape index (κ2) is 29.2. The standard InChI is InChI=1S/C34H26N6O17S5.C5H13NO2.2Li.3Na/c35-20-6-4-18-11-28(61(52,53)54)31(33(41)23(18)13-20)40-38-25-8-2-16(9-27(25)60(49,50)51)1-3-17-5-7-21(14-26(17)59(46,47)48)37-39-32-29(62(55,56)57)12-19-10-22(58(43,44)45)15-24(36)30(19)34(32)42;1-6(2-4-7)3-5-8;;;;;/h1-15,41-42H,35-36H2,(H,43,44,45)(H,46,47,48)(H,49,50,51)(H,52,53,54)(H,55,56,57);7-8H,2-5H2,1H3;;;;;/q;;5*+1/p-5/b3-1+,39-37?,40-38?;;;;;;. The molecule has 36 heteroatoms. The van der Waals surface area contributed by atoms with E-state index in [-0.39, 0.29) is 167 Å². The molecule has 0 unspecified atom stereocenters. The van der Waals surface area contributed by atoms with Crippen LogP contribution in [0.1, 0.15) is 11.1 Å². The number of nitrogens with zero attached hydrogens (tertiary/aromatic N) is 5. The molecule has 0 fully saturated rings. The summed E-state index contributed by atoms with van der Waals surface area (Å²) >= 11 is 0. The molecule has 0 aromatic heterocycles. The second-order valence-electron chi connectivity index (χ2n) is 14.4. The fourth-order valence-electron chi connectivity index (χ4n) is 6.28. The van der Waals surface area contributed by atoms with Crippen LogP contribution in [0.5, 0.6) is 11.5 Å². The maximum atomic E-state index is 12.3. The number of rotatable bonds is 15. The Bertz CT molecular complexity index is 3760. The van der Waals surface area contributed by atoms with E-state index in [4.69, 9.17) is 21.7 Å². The van der Waals surface area contributed by atoms with Crippen molar-refractivity contribution in [1.29, 1.82) is 0 Å². The number of phenolic OH excluding ortho intramolecular Hbond substituents is 2. The van der Waals surface area contributed by atoms with E-state index in [0.717, 1.165) is 48.6 Å². The zero-order valence-electron chi connectivity index (χ0n) is 40.3. The van der Waals surface area contributed by atoms with Crippen LogP contribution < -0.4 is 138 Å². The van der Waals surface area contributed by atoms with Crippen LogP contribution in [-0.4, -0.2) is 124 Å². The van der Waals surface area contributed by atoms with E-state index in [1.54, 1.807) is 0 Å². The first-order chi connectivity index (χ1) is 32.3. The minimum Gasteiger partial charge on any atom is -0.744 e. The summed E-state index contributed by atoms with van der Waals surface area (Å²) in [6.07, 6.45) is 2.01. The molecule has 0 saturated carbocycles. The van der Waals surface area contributed by atoms with Gasteiger partial charge in [0.05, 0.1) is 43.4 Å². The van der Waals surface area contributed by atoms with E-state index in [2.05, 4.69) is 20.5 Å². The number of nitrogens with two attached hydrogens (primary N) is 2. The third-order valence-corrected chi connectivity index (χ3v) is 13.8. The van der Waals surface area contributed by atoms with Gasteiger partial charge in [0, 0.05) is 35.2 Å². The van der Waals surface area contributed by atoms with Crippen molar-refractivity contribution in [2.45, 2.75) is 24.5 Å².